The van der Waals surface area contributed by atoms with Crippen molar-refractivity contribution in [3.8, 4) is 11.3 Å². The Morgan fingerprint density at radius 1 is 1.12 bits per heavy atom. The third-order valence-corrected chi connectivity index (χ3v) is 7.48. The number of ketones is 2. The smallest absolute Gasteiger partial charge is 0.379 e. The van der Waals surface area contributed by atoms with Crippen molar-refractivity contribution in [3.05, 3.63) is 72.7 Å². The van der Waals surface area contributed by atoms with Crippen molar-refractivity contribution in [2.45, 2.75) is 33.9 Å². The molecule has 0 radical (unpaired) electrons. The van der Waals surface area contributed by atoms with Crippen LogP contribution >= 0.6 is 34.5 Å². The number of methoxy groups -OCH3 is 1. The van der Waals surface area contributed by atoms with Gasteiger partial charge in [0.05, 0.1) is 30.2 Å². The van der Waals surface area contributed by atoms with Crippen molar-refractivity contribution < 1.29 is 23.9 Å². The van der Waals surface area contributed by atoms with Gasteiger partial charge in [0.1, 0.15) is 17.1 Å². The first-order valence-electron chi connectivity index (χ1n) is 11.8. The maximum atomic E-state index is 13.5. The van der Waals surface area contributed by atoms with Crippen LogP contribution in [-0.4, -0.2) is 49.3 Å². The van der Waals surface area contributed by atoms with E-state index in [1.54, 1.807) is 32.2 Å². The van der Waals surface area contributed by atoms with Gasteiger partial charge in [-0.05, 0) is 35.8 Å². The molecule has 40 heavy (non-hydrogen) atoms. The molecule has 0 aliphatic rings. The van der Waals surface area contributed by atoms with Crippen LogP contribution in [0.1, 0.15) is 51.3 Å². The summed E-state index contributed by atoms with van der Waals surface area (Å²) in [7, 11) is 1.02. The molecule has 4 aromatic heterocycles. The maximum Gasteiger partial charge on any atom is 0.379 e. The zero-order chi connectivity index (χ0) is 29.2. The first-order valence-corrected chi connectivity index (χ1v) is 13.9. The van der Waals surface area contributed by atoms with Gasteiger partial charge in [-0.2, -0.15) is 14.2 Å². The van der Waals surface area contributed by atoms with Gasteiger partial charge >= 0.3 is 5.97 Å². The van der Waals surface area contributed by atoms with Crippen LogP contribution in [0.25, 0.3) is 11.3 Å². The zero-order valence-electron chi connectivity index (χ0n) is 21.9. The first kappa shape index (κ1) is 29.1. The third-order valence-electron chi connectivity index (χ3n) is 5.69. The van der Waals surface area contributed by atoms with Crippen molar-refractivity contribution in [1.82, 2.24) is 18.7 Å². The van der Waals surface area contributed by atoms with Gasteiger partial charge in [-0.3, -0.25) is 19.2 Å². The minimum atomic E-state index is -1.26. The summed E-state index contributed by atoms with van der Waals surface area (Å²) in [5.74, 6) is -2.97. The molecule has 0 unspecified atom stereocenters. The highest BCUT2D eigenvalue weighted by atomic mass is 35.5. The minimum absolute atomic E-state index is 0.000402. The van der Waals surface area contributed by atoms with Crippen LogP contribution in [0, 0.1) is 5.41 Å². The van der Waals surface area contributed by atoms with E-state index in [0.717, 1.165) is 32.8 Å². The van der Waals surface area contributed by atoms with Gasteiger partial charge in [0.2, 0.25) is 5.78 Å². The maximum absolute atomic E-state index is 13.5. The first-order chi connectivity index (χ1) is 18.9. The Kier molecular flexibility index (Phi) is 8.47. The fourth-order valence-electron chi connectivity index (χ4n) is 3.65. The topological polar surface area (TPSA) is 142 Å². The summed E-state index contributed by atoms with van der Waals surface area (Å²) in [4.78, 5) is 65.5. The van der Waals surface area contributed by atoms with E-state index in [9.17, 15) is 24.0 Å². The number of halogens is 1. The summed E-state index contributed by atoms with van der Waals surface area (Å²) >= 11 is 8.49. The number of hydrogen-bond donors (Lipinski definition) is 1. The summed E-state index contributed by atoms with van der Waals surface area (Å²) in [5, 5.41) is 9.20. The molecule has 0 spiro atoms. The molecule has 0 aromatic carbocycles. The summed E-state index contributed by atoms with van der Waals surface area (Å²) in [5.41, 5.74) is -1.99. The van der Waals surface area contributed by atoms with Crippen LogP contribution in [0.5, 0.6) is 0 Å². The molecule has 4 rings (SSSR count). The number of thiophene rings is 1. The van der Waals surface area contributed by atoms with Gasteiger partial charge in [-0.15, -0.1) is 11.3 Å². The Hall–Kier alpha value is -3.94. The van der Waals surface area contributed by atoms with E-state index >= 15 is 0 Å². The van der Waals surface area contributed by atoms with E-state index in [2.05, 4.69) is 19.5 Å². The molecule has 14 heteroatoms. The van der Waals surface area contributed by atoms with E-state index in [1.807, 2.05) is 6.07 Å². The number of carbonyl (C=O) groups excluding carboxylic acids is 4. The van der Waals surface area contributed by atoms with Crippen molar-refractivity contribution in [2.24, 2.45) is 5.41 Å². The lowest BCUT2D eigenvalue weighted by molar-refractivity contribution is -0.135. The molecule has 0 aliphatic carbocycles. The number of carbonyl (C=O) groups is 4. The van der Waals surface area contributed by atoms with Crippen LogP contribution in [-0.2, 0) is 22.6 Å². The lowest BCUT2D eigenvalue weighted by atomic mass is 9.96. The van der Waals surface area contributed by atoms with Gasteiger partial charge in [0, 0.05) is 33.5 Å². The third kappa shape index (κ3) is 6.11. The monoisotopic (exact) mass is 601 g/mol. The summed E-state index contributed by atoms with van der Waals surface area (Å²) in [6.07, 6.45) is 1.32. The average Bonchev–Trinajstić information content (AvgIpc) is 3.68. The predicted octanol–water partition coefficient (Wildman–Crippen LogP) is 4.42. The summed E-state index contributed by atoms with van der Waals surface area (Å²) in [6.45, 7) is 5.11. The van der Waals surface area contributed by atoms with Crippen molar-refractivity contribution in [3.63, 3.8) is 0 Å². The standard InChI is InChI=1S/C26H24ClN5O6S2/c1-26(2,3)25(37)32-20(28-12-14-5-6-19(27)40-14)11-17(29-32)15-7-9-31(13-18(33)16-8-10-39-30-16)23(35)21(15)22(34)24(36)38-4/h5-11,28H,12-13H2,1-4H3. The molecule has 0 fully saturated rings. The highest BCUT2D eigenvalue weighted by molar-refractivity contribution is 7.16. The lowest BCUT2D eigenvalue weighted by Crippen LogP contribution is -2.32. The molecule has 0 bridgehead atoms. The molecule has 4 aromatic rings. The quantitative estimate of drug-likeness (QED) is 0.167. The number of esters is 1. The van der Waals surface area contributed by atoms with E-state index in [0.29, 0.717) is 16.7 Å². The fourth-order valence-corrected chi connectivity index (χ4v) is 5.21. The second kappa shape index (κ2) is 11.7. The second-order valence-corrected chi connectivity index (χ2v) is 12.1. The Labute approximate surface area is 241 Å². The van der Waals surface area contributed by atoms with Gasteiger partial charge < -0.3 is 14.6 Å². The number of ether oxygens (including phenoxy) is 1. The number of rotatable bonds is 9. The number of pyridine rings is 1. The van der Waals surface area contributed by atoms with Gasteiger partial charge in [-0.25, -0.2) is 4.79 Å². The highest BCUT2D eigenvalue weighted by Gasteiger charge is 2.30. The fraction of sp³-hybridized carbons (Fsp3) is 0.269. The normalized spacial score (nSPS) is 11.3. The molecular formula is C26H24ClN5O6S2. The van der Waals surface area contributed by atoms with Crippen molar-refractivity contribution >= 4 is 63.7 Å². The SMILES string of the molecule is COC(=O)C(=O)c1c(-c2cc(NCc3ccc(Cl)s3)n(C(=O)C(C)(C)C)n2)ccn(CC(=O)c2ccsn2)c1=O. The predicted molar refractivity (Wildman–Crippen MR) is 151 cm³/mol. The minimum Gasteiger partial charge on any atom is -0.463 e. The zero-order valence-corrected chi connectivity index (χ0v) is 24.3. The van der Waals surface area contributed by atoms with E-state index in [1.165, 1.54) is 35.7 Å². The number of nitrogens with one attached hydrogen (secondary N) is 1. The molecule has 0 amide bonds. The van der Waals surface area contributed by atoms with Crippen LogP contribution in [0.15, 0.2) is 46.7 Å². The van der Waals surface area contributed by atoms with Crippen molar-refractivity contribution in [2.75, 3.05) is 12.4 Å². The van der Waals surface area contributed by atoms with Crippen LogP contribution < -0.4 is 10.9 Å². The number of aromatic nitrogens is 4. The molecule has 0 saturated heterocycles. The molecule has 1 N–H and O–H groups in total. The van der Waals surface area contributed by atoms with Crippen LogP contribution in [0.3, 0.4) is 0 Å². The number of hydrogen-bond acceptors (Lipinski definition) is 11. The Morgan fingerprint density at radius 3 is 2.48 bits per heavy atom. The summed E-state index contributed by atoms with van der Waals surface area (Å²) in [6, 6.07) is 8.01. The van der Waals surface area contributed by atoms with Gasteiger partial charge in [0.15, 0.2) is 0 Å². The van der Waals surface area contributed by atoms with E-state index in [-0.39, 0.29) is 22.9 Å². The molecule has 0 saturated carbocycles. The molecule has 208 valence electrons. The van der Waals surface area contributed by atoms with E-state index in [4.69, 9.17) is 11.6 Å². The molecule has 0 aliphatic heterocycles. The lowest BCUT2D eigenvalue weighted by Gasteiger charge is -2.18. The van der Waals surface area contributed by atoms with Crippen molar-refractivity contribution in [1.29, 1.82) is 0 Å². The molecule has 4 heterocycles. The highest BCUT2D eigenvalue weighted by Crippen LogP contribution is 2.29. The second-order valence-electron chi connectivity index (χ2n) is 9.61. The molecular weight excluding hydrogens is 578 g/mol. The number of anilines is 1. The molecule has 0 atom stereocenters. The van der Waals surface area contributed by atoms with Gasteiger partial charge in [-0.1, -0.05) is 32.4 Å². The van der Waals surface area contributed by atoms with E-state index < -0.39 is 40.6 Å². The Bertz CT molecular complexity index is 1660. The van der Waals surface area contributed by atoms with Crippen LogP contribution in [0.2, 0.25) is 4.34 Å². The number of nitrogens with zero attached hydrogens (tertiary/aromatic N) is 4. The Morgan fingerprint density at radius 2 is 1.88 bits per heavy atom. The summed E-state index contributed by atoms with van der Waals surface area (Å²) < 4.78 is 11.3. The Balaban J connectivity index is 1.82. The number of Topliss-reactive ketones (excluding diaryl/α,β-unsaturated/α-hetero) is 2. The molecule has 11 nitrogen and oxygen atoms in total. The van der Waals surface area contributed by atoms with Crippen LogP contribution in [0.4, 0.5) is 5.82 Å². The largest absolute Gasteiger partial charge is 0.463 e. The average molecular weight is 602 g/mol. The van der Waals surface area contributed by atoms with Gasteiger partial charge in [0.25, 0.3) is 17.2 Å².